The molecule has 0 aliphatic rings. The highest BCUT2D eigenvalue weighted by Gasteiger charge is 2.16. The quantitative estimate of drug-likeness (QED) is 0.554. The SMILES string of the molecule is Cc1ccccc1-n1nc(C(=O)NCc2ccccc2-c2ccccc2)nc1C. The lowest BCUT2D eigenvalue weighted by Gasteiger charge is -2.10. The van der Waals surface area contributed by atoms with Crippen molar-refractivity contribution < 1.29 is 4.79 Å². The second-order valence-corrected chi connectivity index (χ2v) is 6.89. The lowest BCUT2D eigenvalue weighted by Crippen LogP contribution is -2.24. The Morgan fingerprint density at radius 2 is 1.59 bits per heavy atom. The van der Waals surface area contributed by atoms with Gasteiger partial charge in [0.2, 0.25) is 5.82 Å². The molecule has 0 aliphatic carbocycles. The third-order valence-electron chi connectivity index (χ3n) is 4.86. The van der Waals surface area contributed by atoms with E-state index in [1.807, 2.05) is 74.5 Å². The molecule has 0 bridgehead atoms. The number of benzene rings is 3. The van der Waals surface area contributed by atoms with Crippen molar-refractivity contribution in [2.24, 2.45) is 0 Å². The second-order valence-electron chi connectivity index (χ2n) is 6.89. The molecule has 4 rings (SSSR count). The van der Waals surface area contributed by atoms with Gasteiger partial charge >= 0.3 is 0 Å². The molecule has 1 N–H and O–H groups in total. The lowest BCUT2D eigenvalue weighted by atomic mass is 10.00. The Hall–Kier alpha value is -3.73. The highest BCUT2D eigenvalue weighted by molar-refractivity contribution is 5.90. The van der Waals surface area contributed by atoms with Gasteiger partial charge in [-0.05, 0) is 42.2 Å². The molecule has 144 valence electrons. The van der Waals surface area contributed by atoms with E-state index in [2.05, 4.69) is 33.6 Å². The van der Waals surface area contributed by atoms with Crippen LogP contribution in [0.3, 0.4) is 0 Å². The number of aryl methyl sites for hydroxylation is 2. The Labute approximate surface area is 170 Å². The number of aromatic nitrogens is 3. The Morgan fingerprint density at radius 1 is 0.897 bits per heavy atom. The summed E-state index contributed by atoms with van der Waals surface area (Å²) in [6.45, 7) is 4.26. The second kappa shape index (κ2) is 8.10. The minimum atomic E-state index is -0.289. The van der Waals surface area contributed by atoms with Crippen LogP contribution in [0, 0.1) is 13.8 Å². The molecule has 3 aromatic carbocycles. The molecule has 0 saturated heterocycles. The van der Waals surface area contributed by atoms with Crippen LogP contribution in [0.25, 0.3) is 16.8 Å². The molecular formula is C24H22N4O. The van der Waals surface area contributed by atoms with Crippen molar-refractivity contribution in [1.29, 1.82) is 0 Å². The number of hydrogen-bond donors (Lipinski definition) is 1. The van der Waals surface area contributed by atoms with Crippen LogP contribution in [0.5, 0.6) is 0 Å². The molecule has 0 saturated carbocycles. The van der Waals surface area contributed by atoms with E-state index in [1.54, 1.807) is 4.68 Å². The molecule has 5 heteroatoms. The zero-order chi connectivity index (χ0) is 20.2. The molecule has 0 spiro atoms. The maximum Gasteiger partial charge on any atom is 0.291 e. The minimum Gasteiger partial charge on any atom is -0.345 e. The Bertz CT molecular complexity index is 1150. The fourth-order valence-corrected chi connectivity index (χ4v) is 3.34. The van der Waals surface area contributed by atoms with Crippen LogP contribution in [0.15, 0.2) is 78.9 Å². The molecule has 29 heavy (non-hydrogen) atoms. The molecule has 0 aliphatic heterocycles. The lowest BCUT2D eigenvalue weighted by molar-refractivity contribution is 0.0940. The van der Waals surface area contributed by atoms with E-state index < -0.39 is 0 Å². The van der Waals surface area contributed by atoms with Gasteiger partial charge in [-0.25, -0.2) is 9.67 Å². The molecule has 4 aromatic rings. The zero-order valence-electron chi connectivity index (χ0n) is 16.5. The first-order valence-electron chi connectivity index (χ1n) is 9.54. The summed E-state index contributed by atoms with van der Waals surface area (Å²) in [7, 11) is 0. The van der Waals surface area contributed by atoms with E-state index in [0.717, 1.165) is 27.9 Å². The third-order valence-corrected chi connectivity index (χ3v) is 4.86. The zero-order valence-corrected chi connectivity index (χ0v) is 16.5. The summed E-state index contributed by atoms with van der Waals surface area (Å²) in [5.41, 5.74) is 5.26. The van der Waals surface area contributed by atoms with Crippen LogP contribution in [0.4, 0.5) is 0 Å². The van der Waals surface area contributed by atoms with Gasteiger partial charge in [0, 0.05) is 6.54 Å². The first-order valence-corrected chi connectivity index (χ1v) is 9.54. The van der Waals surface area contributed by atoms with Crippen molar-refractivity contribution >= 4 is 5.91 Å². The fraction of sp³-hybridized carbons (Fsp3) is 0.125. The van der Waals surface area contributed by atoms with Gasteiger partial charge in [0.05, 0.1) is 5.69 Å². The van der Waals surface area contributed by atoms with Crippen LogP contribution in [-0.4, -0.2) is 20.7 Å². The van der Waals surface area contributed by atoms with Gasteiger partial charge in [0.25, 0.3) is 5.91 Å². The molecule has 0 unspecified atom stereocenters. The minimum absolute atomic E-state index is 0.169. The predicted octanol–water partition coefficient (Wildman–Crippen LogP) is 4.48. The van der Waals surface area contributed by atoms with E-state index >= 15 is 0 Å². The van der Waals surface area contributed by atoms with Gasteiger partial charge in [-0.15, -0.1) is 5.10 Å². The molecule has 0 atom stereocenters. The van der Waals surface area contributed by atoms with Crippen LogP contribution >= 0.6 is 0 Å². The molecule has 5 nitrogen and oxygen atoms in total. The fourth-order valence-electron chi connectivity index (χ4n) is 3.34. The largest absolute Gasteiger partial charge is 0.345 e. The Kier molecular flexibility index (Phi) is 5.20. The summed E-state index contributed by atoms with van der Waals surface area (Å²) in [6.07, 6.45) is 0. The van der Waals surface area contributed by atoms with Crippen molar-refractivity contribution in [3.05, 3.63) is 102 Å². The van der Waals surface area contributed by atoms with Crippen molar-refractivity contribution in [3.63, 3.8) is 0 Å². The maximum absolute atomic E-state index is 12.7. The first-order chi connectivity index (χ1) is 14.1. The monoisotopic (exact) mass is 382 g/mol. The van der Waals surface area contributed by atoms with Crippen molar-refractivity contribution in [2.75, 3.05) is 0 Å². The maximum atomic E-state index is 12.7. The van der Waals surface area contributed by atoms with Crippen LogP contribution in [0.1, 0.15) is 27.6 Å². The van der Waals surface area contributed by atoms with E-state index in [4.69, 9.17) is 0 Å². The van der Waals surface area contributed by atoms with Gasteiger partial charge in [-0.1, -0.05) is 72.8 Å². The topological polar surface area (TPSA) is 59.8 Å². The summed E-state index contributed by atoms with van der Waals surface area (Å²) in [5, 5.41) is 7.38. The Morgan fingerprint density at radius 3 is 2.38 bits per heavy atom. The first kappa shape index (κ1) is 18.6. The number of amides is 1. The number of nitrogens with one attached hydrogen (secondary N) is 1. The van der Waals surface area contributed by atoms with Gasteiger partial charge in [0.15, 0.2) is 0 Å². The summed E-state index contributed by atoms with van der Waals surface area (Å²) in [4.78, 5) is 17.1. The average molecular weight is 382 g/mol. The molecule has 1 aromatic heterocycles. The standard InChI is InChI=1S/C24H22N4O/c1-17-10-6-9-15-22(17)28-18(2)26-23(27-28)24(29)25-16-20-13-7-8-14-21(20)19-11-4-3-5-12-19/h3-15H,16H2,1-2H3,(H,25,29). The van der Waals surface area contributed by atoms with Crippen LogP contribution in [-0.2, 0) is 6.54 Å². The van der Waals surface area contributed by atoms with Gasteiger partial charge < -0.3 is 5.32 Å². The van der Waals surface area contributed by atoms with Crippen molar-refractivity contribution in [1.82, 2.24) is 20.1 Å². The highest BCUT2D eigenvalue weighted by atomic mass is 16.2. The number of hydrogen-bond acceptors (Lipinski definition) is 3. The molecule has 1 heterocycles. The molecule has 0 radical (unpaired) electrons. The number of carbonyl (C=O) groups is 1. The molecule has 0 fully saturated rings. The Balaban J connectivity index is 1.54. The number of carbonyl (C=O) groups excluding carboxylic acids is 1. The average Bonchev–Trinajstić information content (AvgIpc) is 3.15. The van der Waals surface area contributed by atoms with Gasteiger partial charge in [-0.3, -0.25) is 4.79 Å². The molecule has 1 amide bonds. The molecular weight excluding hydrogens is 360 g/mol. The van der Waals surface area contributed by atoms with Crippen molar-refractivity contribution in [3.8, 4) is 16.8 Å². The van der Waals surface area contributed by atoms with E-state index in [1.165, 1.54) is 0 Å². The predicted molar refractivity (Wildman–Crippen MR) is 114 cm³/mol. The van der Waals surface area contributed by atoms with Gasteiger partial charge in [-0.2, -0.15) is 0 Å². The van der Waals surface area contributed by atoms with E-state index in [9.17, 15) is 4.79 Å². The summed E-state index contributed by atoms with van der Waals surface area (Å²) >= 11 is 0. The van der Waals surface area contributed by atoms with Gasteiger partial charge in [0.1, 0.15) is 5.82 Å². The normalized spacial score (nSPS) is 10.7. The number of para-hydroxylation sites is 1. The smallest absolute Gasteiger partial charge is 0.291 e. The van der Waals surface area contributed by atoms with Crippen molar-refractivity contribution in [2.45, 2.75) is 20.4 Å². The van der Waals surface area contributed by atoms with E-state index in [0.29, 0.717) is 12.4 Å². The number of rotatable bonds is 5. The van der Waals surface area contributed by atoms with E-state index in [-0.39, 0.29) is 11.7 Å². The summed E-state index contributed by atoms with van der Waals surface area (Å²) in [6, 6.07) is 26.1. The highest BCUT2D eigenvalue weighted by Crippen LogP contribution is 2.23. The van der Waals surface area contributed by atoms with Crippen LogP contribution < -0.4 is 5.32 Å². The summed E-state index contributed by atoms with van der Waals surface area (Å²) in [5.74, 6) is 0.556. The third kappa shape index (κ3) is 3.94. The van der Waals surface area contributed by atoms with Crippen LogP contribution in [0.2, 0.25) is 0 Å². The number of nitrogens with zero attached hydrogens (tertiary/aromatic N) is 3. The summed E-state index contributed by atoms with van der Waals surface area (Å²) < 4.78 is 1.71.